The lowest BCUT2D eigenvalue weighted by Gasteiger charge is -2.36. The van der Waals surface area contributed by atoms with Crippen LogP contribution in [0.1, 0.15) is 40.0 Å². The minimum Gasteiger partial charge on any atom is -0.300 e. The summed E-state index contributed by atoms with van der Waals surface area (Å²) in [6, 6.07) is 0. The highest BCUT2D eigenvalue weighted by molar-refractivity contribution is 8.77. The zero-order chi connectivity index (χ0) is 14.1. The van der Waals surface area contributed by atoms with E-state index in [-0.39, 0.29) is 10.9 Å². The first kappa shape index (κ1) is 16.2. The van der Waals surface area contributed by atoms with Gasteiger partial charge in [0.2, 0.25) is 0 Å². The molecule has 0 aromatic heterocycles. The zero-order valence-corrected chi connectivity index (χ0v) is 14.7. The number of hydrogen-bond acceptors (Lipinski definition) is 5. The van der Waals surface area contributed by atoms with E-state index in [1.165, 1.54) is 13.5 Å². The Morgan fingerprint density at radius 2 is 1.89 bits per heavy atom. The van der Waals surface area contributed by atoms with Crippen molar-refractivity contribution in [2.45, 2.75) is 56.1 Å². The largest absolute Gasteiger partial charge is 0.408 e. The molecule has 112 valence electrons. The number of rotatable bonds is 4. The summed E-state index contributed by atoms with van der Waals surface area (Å²) in [5.74, 6) is 0. The van der Waals surface area contributed by atoms with Gasteiger partial charge < -0.3 is 0 Å². The van der Waals surface area contributed by atoms with Crippen molar-refractivity contribution in [3.05, 3.63) is 0 Å². The van der Waals surface area contributed by atoms with E-state index in [4.69, 9.17) is 9.05 Å². The van der Waals surface area contributed by atoms with Crippen molar-refractivity contribution in [2.75, 3.05) is 20.2 Å². The lowest BCUT2D eigenvalue weighted by Crippen LogP contribution is -2.39. The third-order valence-electron chi connectivity index (χ3n) is 3.68. The van der Waals surface area contributed by atoms with E-state index < -0.39 is 7.75 Å². The topological polar surface area (TPSA) is 38.8 Å². The maximum atomic E-state index is 13.0. The Kier molecular flexibility index (Phi) is 5.35. The van der Waals surface area contributed by atoms with Crippen LogP contribution in [0.15, 0.2) is 0 Å². The zero-order valence-electron chi connectivity index (χ0n) is 12.1. The molecule has 2 heterocycles. The molecule has 2 fully saturated rings. The van der Waals surface area contributed by atoms with Crippen LogP contribution in [-0.2, 0) is 13.6 Å². The van der Waals surface area contributed by atoms with E-state index in [0.717, 1.165) is 25.9 Å². The van der Waals surface area contributed by atoms with Crippen LogP contribution in [0.2, 0.25) is 0 Å². The van der Waals surface area contributed by atoms with Gasteiger partial charge >= 0.3 is 7.75 Å². The minimum absolute atomic E-state index is 0.0337. The molecule has 4 nitrogen and oxygen atoms in total. The quantitative estimate of drug-likeness (QED) is 0.570. The monoisotopic (exact) mass is 325 g/mol. The molecule has 0 radical (unpaired) electrons. The molecule has 0 amide bonds. The van der Waals surface area contributed by atoms with Gasteiger partial charge in [0.15, 0.2) is 0 Å². The standard InChI is InChI=1S/C12H24NO3PS2/c1-10-11(12(2,3)19-18-10)16-17(14,15-4)13-8-6-5-7-9-13/h10-11H,5-9H2,1-4H3/t10-,11+,17?/m0/s1. The van der Waals surface area contributed by atoms with E-state index in [1.54, 1.807) is 10.8 Å². The second-order valence-electron chi connectivity index (χ2n) is 5.68. The van der Waals surface area contributed by atoms with Crippen molar-refractivity contribution in [1.82, 2.24) is 4.67 Å². The summed E-state index contributed by atoms with van der Waals surface area (Å²) in [5.41, 5.74) is 0. The Morgan fingerprint density at radius 3 is 2.37 bits per heavy atom. The first-order valence-electron chi connectivity index (χ1n) is 6.83. The normalized spacial score (nSPS) is 35.2. The molecule has 0 bridgehead atoms. The molecule has 3 atom stereocenters. The van der Waals surface area contributed by atoms with Crippen LogP contribution >= 0.6 is 29.3 Å². The van der Waals surface area contributed by atoms with E-state index in [1.807, 2.05) is 15.5 Å². The Balaban J connectivity index is 2.11. The molecule has 0 aromatic rings. The van der Waals surface area contributed by atoms with E-state index in [9.17, 15) is 4.57 Å². The van der Waals surface area contributed by atoms with Crippen LogP contribution in [0, 0.1) is 0 Å². The molecule has 0 saturated carbocycles. The van der Waals surface area contributed by atoms with Gasteiger partial charge in [0.05, 0.1) is 6.10 Å². The molecule has 7 heteroatoms. The minimum atomic E-state index is -3.14. The second-order valence-corrected chi connectivity index (χ2v) is 11.0. The first-order valence-corrected chi connectivity index (χ1v) is 10.5. The molecular weight excluding hydrogens is 301 g/mol. The highest BCUT2D eigenvalue weighted by Crippen LogP contribution is 2.60. The molecule has 2 aliphatic heterocycles. The lowest BCUT2D eigenvalue weighted by atomic mass is 10.0. The van der Waals surface area contributed by atoms with Crippen molar-refractivity contribution in [1.29, 1.82) is 0 Å². The fraction of sp³-hybridized carbons (Fsp3) is 1.00. The Hall–Kier alpha value is 0.810. The molecule has 2 rings (SSSR count). The van der Waals surface area contributed by atoms with Gasteiger partial charge in [-0.25, -0.2) is 9.24 Å². The van der Waals surface area contributed by atoms with Crippen LogP contribution in [-0.4, -0.2) is 41.0 Å². The van der Waals surface area contributed by atoms with Crippen LogP contribution in [0.5, 0.6) is 0 Å². The van der Waals surface area contributed by atoms with Crippen LogP contribution < -0.4 is 0 Å². The second kappa shape index (κ2) is 6.29. The fourth-order valence-corrected chi connectivity index (χ4v) is 7.79. The molecule has 2 saturated heterocycles. The molecule has 19 heavy (non-hydrogen) atoms. The van der Waals surface area contributed by atoms with E-state index in [2.05, 4.69) is 20.8 Å². The number of hydrogen-bond donors (Lipinski definition) is 0. The number of nitrogens with zero attached hydrogens (tertiary/aromatic N) is 1. The van der Waals surface area contributed by atoms with Gasteiger partial charge in [0, 0.05) is 30.2 Å². The predicted molar refractivity (Wildman–Crippen MR) is 83.6 cm³/mol. The van der Waals surface area contributed by atoms with Gasteiger partial charge in [-0.15, -0.1) is 0 Å². The molecule has 1 unspecified atom stereocenters. The van der Waals surface area contributed by atoms with Gasteiger partial charge in [-0.3, -0.25) is 9.05 Å². The van der Waals surface area contributed by atoms with Crippen molar-refractivity contribution in [3.63, 3.8) is 0 Å². The van der Waals surface area contributed by atoms with Gasteiger partial charge in [0.1, 0.15) is 0 Å². The molecule has 0 aromatic carbocycles. The predicted octanol–water partition coefficient (Wildman–Crippen LogP) is 4.17. The first-order chi connectivity index (χ1) is 8.89. The van der Waals surface area contributed by atoms with Gasteiger partial charge in [0.25, 0.3) is 0 Å². The van der Waals surface area contributed by atoms with Crippen LogP contribution in [0.3, 0.4) is 0 Å². The Morgan fingerprint density at radius 1 is 1.26 bits per heavy atom. The van der Waals surface area contributed by atoms with Crippen LogP contribution in [0.4, 0.5) is 0 Å². The summed E-state index contributed by atoms with van der Waals surface area (Å²) < 4.78 is 26.2. The third-order valence-corrected chi connectivity index (χ3v) is 9.53. The summed E-state index contributed by atoms with van der Waals surface area (Å²) in [6.07, 6.45) is 3.31. The summed E-state index contributed by atoms with van der Waals surface area (Å²) >= 11 is 0. The average Bonchev–Trinajstić information content (AvgIpc) is 2.66. The molecule has 2 aliphatic rings. The van der Waals surface area contributed by atoms with Gasteiger partial charge in [-0.2, -0.15) is 0 Å². The molecule has 0 N–H and O–H groups in total. The maximum absolute atomic E-state index is 13.0. The Bertz CT molecular complexity index is 361. The number of piperidine rings is 1. The molecule has 0 aliphatic carbocycles. The van der Waals surface area contributed by atoms with E-state index >= 15 is 0 Å². The highest BCUT2D eigenvalue weighted by Gasteiger charge is 2.48. The average molecular weight is 325 g/mol. The smallest absolute Gasteiger partial charge is 0.300 e. The summed E-state index contributed by atoms with van der Waals surface area (Å²) in [5, 5.41) is 0.327. The maximum Gasteiger partial charge on any atom is 0.408 e. The SMILES string of the molecule is COP(=O)(O[C@@H]1[C@H](C)SSC1(C)C)N1CCCCC1. The highest BCUT2D eigenvalue weighted by atomic mass is 33.1. The fourth-order valence-electron chi connectivity index (χ4n) is 2.57. The Labute approximate surface area is 124 Å². The molecular formula is C12H24NO3PS2. The molecule has 0 spiro atoms. The van der Waals surface area contributed by atoms with Crippen molar-refractivity contribution in [3.8, 4) is 0 Å². The summed E-state index contributed by atoms with van der Waals surface area (Å²) in [6.45, 7) is 8.05. The summed E-state index contributed by atoms with van der Waals surface area (Å²) in [4.78, 5) is 0. The van der Waals surface area contributed by atoms with E-state index in [0.29, 0.717) is 5.25 Å². The lowest BCUT2D eigenvalue weighted by molar-refractivity contribution is 0.104. The van der Waals surface area contributed by atoms with Crippen molar-refractivity contribution < 1.29 is 13.6 Å². The third kappa shape index (κ3) is 3.53. The van der Waals surface area contributed by atoms with Crippen LogP contribution in [0.25, 0.3) is 0 Å². The van der Waals surface area contributed by atoms with Crippen molar-refractivity contribution in [2.24, 2.45) is 0 Å². The van der Waals surface area contributed by atoms with Crippen molar-refractivity contribution >= 4 is 29.3 Å². The summed E-state index contributed by atoms with van der Waals surface area (Å²) in [7, 11) is 1.98. The van der Waals surface area contributed by atoms with Gasteiger partial charge in [-0.05, 0) is 33.6 Å². The van der Waals surface area contributed by atoms with Gasteiger partial charge in [-0.1, -0.05) is 28.0 Å².